The van der Waals surface area contributed by atoms with Crippen LogP contribution in [0.25, 0.3) is 0 Å². The maximum Gasteiger partial charge on any atom is 0.163 e. The highest BCUT2D eigenvalue weighted by Crippen LogP contribution is 2.54. The van der Waals surface area contributed by atoms with Crippen molar-refractivity contribution in [2.45, 2.75) is 18.3 Å². The van der Waals surface area contributed by atoms with Gasteiger partial charge in [0, 0.05) is 10.4 Å². The molecule has 0 radical (unpaired) electrons. The summed E-state index contributed by atoms with van der Waals surface area (Å²) in [6.45, 7) is 0. The Balaban J connectivity index is 2.11. The number of nitrogens with zero attached hydrogens (tertiary/aromatic N) is 2. The van der Waals surface area contributed by atoms with E-state index in [1.807, 2.05) is 24.3 Å². The van der Waals surface area contributed by atoms with Gasteiger partial charge in [0.2, 0.25) is 0 Å². The molecule has 3 rings (SSSR count). The number of nitrogens with two attached hydrogens (primary N) is 1. The summed E-state index contributed by atoms with van der Waals surface area (Å²) in [7, 11) is 0. The monoisotopic (exact) mass is 258 g/mol. The summed E-state index contributed by atoms with van der Waals surface area (Å²) in [4.78, 5) is 0. The lowest BCUT2D eigenvalue weighted by Crippen LogP contribution is -2.11. The fraction of sp³-hybridized carbons (Fsp3) is 0.231. The number of hydrogen-bond donors (Lipinski definition) is 2. The van der Waals surface area contributed by atoms with Crippen LogP contribution in [0.4, 0.5) is 5.82 Å². The van der Waals surface area contributed by atoms with Gasteiger partial charge in [-0.3, -0.25) is 5.10 Å². The number of H-pyrrole nitrogens is 1. The van der Waals surface area contributed by atoms with Crippen LogP contribution in [0.2, 0.25) is 5.02 Å². The number of nitrogen functional groups attached to an aromatic ring is 1. The van der Waals surface area contributed by atoms with Gasteiger partial charge < -0.3 is 5.73 Å². The second-order valence-corrected chi connectivity index (χ2v) is 5.00. The van der Waals surface area contributed by atoms with Crippen molar-refractivity contribution in [3.8, 4) is 6.07 Å². The molecule has 0 spiro atoms. The standard InChI is InChI=1S/C13H11ClN4/c14-9-3-1-8(2-4-9)13(5-6-13)11-10(7-15)12(16)18-17-11/h1-4H,5-6H2,(H3,16,17,18). The Morgan fingerprint density at radius 2 is 2.00 bits per heavy atom. The number of halogens is 1. The van der Waals surface area contributed by atoms with Gasteiger partial charge in [0.15, 0.2) is 5.82 Å². The molecule has 1 aromatic heterocycles. The largest absolute Gasteiger partial charge is 0.381 e. The normalized spacial score (nSPS) is 16.2. The first-order valence-electron chi connectivity index (χ1n) is 5.68. The molecule has 1 saturated carbocycles. The lowest BCUT2D eigenvalue weighted by atomic mass is 9.90. The molecule has 5 heteroatoms. The van der Waals surface area contributed by atoms with Crippen LogP contribution in [0.3, 0.4) is 0 Å². The summed E-state index contributed by atoms with van der Waals surface area (Å²) in [5.74, 6) is 0.271. The number of hydrogen-bond acceptors (Lipinski definition) is 3. The Hall–Kier alpha value is -1.99. The Bertz CT molecular complexity index is 632. The van der Waals surface area contributed by atoms with Crippen LogP contribution >= 0.6 is 11.6 Å². The molecular weight excluding hydrogens is 248 g/mol. The van der Waals surface area contributed by atoms with Gasteiger partial charge in [-0.15, -0.1) is 0 Å². The number of benzene rings is 1. The third kappa shape index (κ3) is 1.48. The van der Waals surface area contributed by atoms with Crippen LogP contribution in [0.15, 0.2) is 24.3 Å². The third-order valence-electron chi connectivity index (χ3n) is 3.53. The van der Waals surface area contributed by atoms with Crippen molar-refractivity contribution in [2.24, 2.45) is 0 Å². The summed E-state index contributed by atoms with van der Waals surface area (Å²) in [5.41, 5.74) is 7.98. The number of aromatic amines is 1. The van der Waals surface area contributed by atoms with E-state index in [0.717, 1.165) is 24.1 Å². The van der Waals surface area contributed by atoms with Crippen LogP contribution in [-0.4, -0.2) is 10.2 Å². The molecular formula is C13H11ClN4. The van der Waals surface area contributed by atoms with Crippen molar-refractivity contribution >= 4 is 17.4 Å². The molecule has 1 aliphatic carbocycles. The number of aromatic nitrogens is 2. The molecule has 0 atom stereocenters. The summed E-state index contributed by atoms with van der Waals surface area (Å²) in [6.07, 6.45) is 1.98. The predicted octanol–water partition coefficient (Wildman–Crippen LogP) is 2.60. The van der Waals surface area contributed by atoms with E-state index in [1.54, 1.807) is 0 Å². The van der Waals surface area contributed by atoms with Crippen LogP contribution in [0.1, 0.15) is 29.7 Å². The van der Waals surface area contributed by atoms with Gasteiger partial charge in [0.05, 0.1) is 5.69 Å². The Morgan fingerprint density at radius 3 is 2.56 bits per heavy atom. The fourth-order valence-electron chi connectivity index (χ4n) is 2.39. The Morgan fingerprint density at radius 1 is 1.33 bits per heavy atom. The second-order valence-electron chi connectivity index (χ2n) is 4.56. The molecule has 1 aliphatic rings. The van der Waals surface area contributed by atoms with Crippen molar-refractivity contribution in [1.82, 2.24) is 10.2 Å². The average Bonchev–Trinajstić information content (AvgIpc) is 3.08. The zero-order valence-corrected chi connectivity index (χ0v) is 10.3. The van der Waals surface area contributed by atoms with E-state index in [2.05, 4.69) is 16.3 Å². The molecule has 4 nitrogen and oxygen atoms in total. The van der Waals surface area contributed by atoms with Crippen molar-refractivity contribution in [3.63, 3.8) is 0 Å². The van der Waals surface area contributed by atoms with E-state index in [1.165, 1.54) is 0 Å². The number of nitriles is 1. The minimum absolute atomic E-state index is 0.139. The molecule has 3 N–H and O–H groups in total. The van der Waals surface area contributed by atoms with E-state index < -0.39 is 0 Å². The van der Waals surface area contributed by atoms with Crippen LogP contribution < -0.4 is 5.73 Å². The van der Waals surface area contributed by atoms with Crippen LogP contribution in [0, 0.1) is 11.3 Å². The molecule has 0 amide bonds. The van der Waals surface area contributed by atoms with Gasteiger partial charge in [0.25, 0.3) is 0 Å². The van der Waals surface area contributed by atoms with E-state index in [9.17, 15) is 0 Å². The smallest absolute Gasteiger partial charge is 0.163 e. The fourth-order valence-corrected chi connectivity index (χ4v) is 2.52. The molecule has 0 saturated heterocycles. The highest BCUT2D eigenvalue weighted by molar-refractivity contribution is 6.30. The van der Waals surface area contributed by atoms with E-state index in [-0.39, 0.29) is 11.2 Å². The van der Waals surface area contributed by atoms with Gasteiger partial charge in [-0.05, 0) is 30.5 Å². The first kappa shape index (κ1) is 11.1. The quantitative estimate of drug-likeness (QED) is 0.869. The zero-order chi connectivity index (χ0) is 12.8. The number of nitrogens with one attached hydrogen (secondary N) is 1. The first-order chi connectivity index (χ1) is 8.67. The number of anilines is 1. The highest BCUT2D eigenvalue weighted by atomic mass is 35.5. The summed E-state index contributed by atoms with van der Waals surface area (Å²) < 4.78 is 0. The summed E-state index contributed by atoms with van der Waals surface area (Å²) in [6, 6.07) is 9.84. The van der Waals surface area contributed by atoms with Crippen molar-refractivity contribution in [3.05, 3.63) is 46.1 Å². The van der Waals surface area contributed by atoms with Crippen molar-refractivity contribution in [1.29, 1.82) is 5.26 Å². The third-order valence-corrected chi connectivity index (χ3v) is 3.78. The lowest BCUT2D eigenvalue weighted by molar-refractivity contribution is 0.789. The molecule has 2 aromatic rings. The number of rotatable bonds is 2. The molecule has 18 heavy (non-hydrogen) atoms. The molecule has 1 aromatic carbocycles. The van der Waals surface area contributed by atoms with Gasteiger partial charge >= 0.3 is 0 Å². The van der Waals surface area contributed by atoms with Crippen molar-refractivity contribution in [2.75, 3.05) is 5.73 Å². The molecule has 0 aliphatic heterocycles. The van der Waals surface area contributed by atoms with Gasteiger partial charge in [-0.1, -0.05) is 23.7 Å². The summed E-state index contributed by atoms with van der Waals surface area (Å²) >= 11 is 5.90. The maximum atomic E-state index is 9.16. The van der Waals surface area contributed by atoms with Crippen LogP contribution in [-0.2, 0) is 5.41 Å². The maximum absolute atomic E-state index is 9.16. The zero-order valence-electron chi connectivity index (χ0n) is 9.57. The molecule has 1 fully saturated rings. The Labute approximate surface area is 109 Å². The minimum atomic E-state index is -0.139. The predicted molar refractivity (Wildman–Crippen MR) is 69.2 cm³/mol. The minimum Gasteiger partial charge on any atom is -0.381 e. The molecule has 1 heterocycles. The highest BCUT2D eigenvalue weighted by Gasteiger charge is 2.49. The SMILES string of the molecule is N#Cc1c(N)n[nH]c1C1(c2ccc(Cl)cc2)CC1. The van der Waals surface area contributed by atoms with Gasteiger partial charge in [0.1, 0.15) is 11.6 Å². The summed E-state index contributed by atoms with van der Waals surface area (Å²) in [5, 5.41) is 16.7. The lowest BCUT2D eigenvalue weighted by Gasteiger charge is -2.14. The average molecular weight is 259 g/mol. The van der Waals surface area contributed by atoms with E-state index in [4.69, 9.17) is 22.6 Å². The van der Waals surface area contributed by atoms with E-state index in [0.29, 0.717) is 10.6 Å². The Kier molecular flexibility index (Phi) is 2.32. The molecule has 90 valence electrons. The first-order valence-corrected chi connectivity index (χ1v) is 6.05. The second kappa shape index (κ2) is 3.76. The van der Waals surface area contributed by atoms with Gasteiger partial charge in [-0.2, -0.15) is 10.4 Å². The molecule has 0 bridgehead atoms. The van der Waals surface area contributed by atoms with E-state index >= 15 is 0 Å². The van der Waals surface area contributed by atoms with Crippen molar-refractivity contribution < 1.29 is 0 Å². The van der Waals surface area contributed by atoms with Crippen LogP contribution in [0.5, 0.6) is 0 Å². The van der Waals surface area contributed by atoms with Gasteiger partial charge in [-0.25, -0.2) is 0 Å². The topological polar surface area (TPSA) is 78.5 Å². The molecule has 0 unspecified atom stereocenters.